The van der Waals surface area contributed by atoms with Crippen LogP contribution in [0.1, 0.15) is 103 Å². The summed E-state index contributed by atoms with van der Waals surface area (Å²) in [6.07, 6.45) is 17.9. The molecule has 100 heavy (non-hydrogen) atoms. The van der Waals surface area contributed by atoms with Gasteiger partial charge < -0.3 is 69.0 Å². The van der Waals surface area contributed by atoms with Gasteiger partial charge in [0, 0.05) is 149 Å². The molecule has 0 bridgehead atoms. The zero-order chi connectivity index (χ0) is 68.0. The highest BCUT2D eigenvalue weighted by Gasteiger charge is 2.24. The summed E-state index contributed by atoms with van der Waals surface area (Å²) in [5.74, 6) is 3.48. The molecule has 13 heterocycles. The molecule has 9 saturated heterocycles. The minimum atomic E-state index is 0. The van der Waals surface area contributed by atoms with Crippen molar-refractivity contribution in [2.45, 2.75) is 97.3 Å². The van der Waals surface area contributed by atoms with Crippen LogP contribution in [0.2, 0.25) is 15.7 Å². The maximum absolute atomic E-state index is 9.32. The van der Waals surface area contributed by atoms with Crippen molar-refractivity contribution in [2.24, 2.45) is 0 Å². The first-order valence-corrected chi connectivity index (χ1v) is 37.1. The number of ether oxygens (including phenoxy) is 5. The van der Waals surface area contributed by atoms with E-state index >= 15 is 0 Å². The summed E-state index contributed by atoms with van der Waals surface area (Å²) in [5.41, 5.74) is 14.1. The number of benzene rings is 4. The van der Waals surface area contributed by atoms with Gasteiger partial charge in [0.2, 0.25) is 22.3 Å². The van der Waals surface area contributed by atoms with Crippen molar-refractivity contribution in [2.75, 3.05) is 211 Å². The van der Waals surface area contributed by atoms with E-state index in [1.54, 1.807) is 0 Å². The number of piperidine rings is 4. The van der Waals surface area contributed by atoms with Crippen molar-refractivity contribution in [3.8, 4) is 6.07 Å². The highest BCUT2D eigenvalue weighted by atomic mass is 35.5. The topological polar surface area (TPSA) is 234 Å². The number of nitrogen functional groups attached to an aromatic ring is 1. The number of nitriles is 1. The van der Waals surface area contributed by atoms with Crippen LogP contribution in [0.5, 0.6) is 0 Å². The van der Waals surface area contributed by atoms with E-state index in [2.05, 4.69) is 140 Å². The first-order valence-electron chi connectivity index (χ1n) is 35.9. The Morgan fingerprint density at radius 3 is 1.03 bits per heavy atom. The van der Waals surface area contributed by atoms with Crippen molar-refractivity contribution in [3.05, 3.63) is 94.3 Å². The molecule has 3 N–H and O–H groups in total. The summed E-state index contributed by atoms with van der Waals surface area (Å²) in [4.78, 5) is 51.3. The Morgan fingerprint density at radius 1 is 0.340 bits per heavy atom. The Bertz CT molecular complexity index is 3780. The van der Waals surface area contributed by atoms with Crippen molar-refractivity contribution < 1.29 is 23.7 Å². The number of aromatic nitrogens is 8. The maximum atomic E-state index is 9.32. The molecule has 0 spiro atoms. The standard InChI is InChI=1S/C18H21N5O.C17H21ClN4O.C17H23N5O.C12H11Cl2N3O.C5H11N.C4H8O.CH4/c19-13-17-20-16-12-14(22-8-10-24-11-9-22)4-5-15(16)18(21-17)23-6-2-1-3-7-23;2*18-17-19-15-12-13(21-8-10-23-11-9-21)4-5-14(15)16(20-17)22-6-2-1-3-7-22;13-11-9-2-1-8(17-3-5-18-6-4-17)7-10(9)15-12(14)16-11;1-2-4-6-5-3-1;1-2-4-5-3-1;/h4-5,12H,1-3,6-11H2;4-5,12H,1-3,6-11H2;4-5,12H,1-3,6-11H2,(H2,18,19,20);1-2,7H,3-6H2;6H,1-5H2;1-4H2;1H4. The number of nitrogens with zero attached hydrogens (tertiary/aromatic N) is 16. The van der Waals surface area contributed by atoms with E-state index < -0.39 is 0 Å². The van der Waals surface area contributed by atoms with Crippen LogP contribution < -0.4 is 45.3 Å². The number of hydrogen-bond acceptors (Lipinski definition) is 23. The van der Waals surface area contributed by atoms with Gasteiger partial charge >= 0.3 is 0 Å². The molecule has 23 nitrogen and oxygen atoms in total. The van der Waals surface area contributed by atoms with Crippen LogP contribution in [0.3, 0.4) is 0 Å². The smallest absolute Gasteiger partial charge is 0.234 e. The molecule has 9 aliphatic heterocycles. The molecule has 0 unspecified atom stereocenters. The maximum Gasteiger partial charge on any atom is 0.234 e. The third-order valence-corrected chi connectivity index (χ3v) is 19.8. The van der Waals surface area contributed by atoms with Gasteiger partial charge in [0.1, 0.15) is 28.7 Å². The van der Waals surface area contributed by atoms with E-state index in [4.69, 9.17) is 64.2 Å². The first-order chi connectivity index (χ1) is 48.7. The molecular formula is C74H99Cl3N18O5. The fraction of sp³-hybridized carbons (Fsp3) is 0.554. The third-order valence-electron chi connectivity index (χ3n) is 19.2. The number of hydrogen-bond donors (Lipinski definition) is 2. The van der Waals surface area contributed by atoms with E-state index in [9.17, 15) is 5.26 Å². The normalized spacial score (nSPS) is 18.9. The van der Waals surface area contributed by atoms with Crippen LogP contribution in [0.4, 0.5) is 46.2 Å². The van der Waals surface area contributed by atoms with Gasteiger partial charge in [-0.3, -0.25) is 0 Å². The Labute approximate surface area is 603 Å². The Hall–Kier alpha value is -7.24. The van der Waals surface area contributed by atoms with Gasteiger partial charge in [0.25, 0.3) is 0 Å². The molecule has 536 valence electrons. The molecule has 4 aromatic heterocycles. The molecule has 17 rings (SSSR count). The van der Waals surface area contributed by atoms with E-state index in [0.717, 1.165) is 230 Å². The number of nitrogens with one attached hydrogen (secondary N) is 1. The molecule has 0 amide bonds. The fourth-order valence-corrected chi connectivity index (χ4v) is 14.5. The number of rotatable bonds is 7. The SMILES string of the molecule is C.C1CCNCC1.C1CCOC1.Clc1nc(Cl)c2ccc(N3CCOCC3)cc2n1.Clc1nc(N2CCCCC2)c2ccc(N3CCOCC3)cc2n1.N#Cc1nc(N2CCCCC2)c2ccc(N3CCOCC3)cc2n1.Nc1nc(N2CCCCC2)c2ccc(N3CCOCC3)cc2n1. The predicted octanol–water partition coefficient (Wildman–Crippen LogP) is 12.4. The molecule has 9 fully saturated rings. The molecule has 0 aliphatic carbocycles. The minimum Gasteiger partial charge on any atom is -0.381 e. The summed E-state index contributed by atoms with van der Waals surface area (Å²) in [6, 6.07) is 27.2. The number of fused-ring (bicyclic) bond motifs is 4. The zero-order valence-corrected chi connectivity index (χ0v) is 59.4. The van der Waals surface area contributed by atoms with Crippen LogP contribution >= 0.6 is 34.8 Å². The van der Waals surface area contributed by atoms with E-state index in [0.29, 0.717) is 16.4 Å². The minimum absolute atomic E-state index is 0. The highest BCUT2D eigenvalue weighted by Crippen LogP contribution is 2.35. The molecule has 8 aromatic rings. The van der Waals surface area contributed by atoms with Crippen LogP contribution in [0.15, 0.2) is 72.8 Å². The van der Waals surface area contributed by atoms with E-state index in [1.807, 2.05) is 18.2 Å². The van der Waals surface area contributed by atoms with Crippen LogP contribution in [0.25, 0.3) is 43.6 Å². The molecule has 0 saturated carbocycles. The lowest BCUT2D eigenvalue weighted by molar-refractivity contribution is 0.122. The summed E-state index contributed by atoms with van der Waals surface area (Å²) in [6.45, 7) is 24.1. The van der Waals surface area contributed by atoms with Crippen LogP contribution in [-0.4, -0.2) is 211 Å². The molecule has 0 radical (unpaired) electrons. The van der Waals surface area contributed by atoms with Gasteiger partial charge in [-0.2, -0.15) is 15.2 Å². The molecule has 4 aromatic carbocycles. The summed E-state index contributed by atoms with van der Waals surface area (Å²) in [7, 11) is 0. The Balaban J connectivity index is 0.000000128. The highest BCUT2D eigenvalue weighted by molar-refractivity contribution is 6.35. The number of morpholine rings is 4. The first kappa shape index (κ1) is 74.0. The van der Waals surface area contributed by atoms with Gasteiger partial charge in [0.15, 0.2) is 0 Å². The second kappa shape index (κ2) is 38.1. The van der Waals surface area contributed by atoms with Crippen molar-refractivity contribution in [3.63, 3.8) is 0 Å². The molecule has 9 aliphatic rings. The lowest BCUT2D eigenvalue weighted by Gasteiger charge is -2.30. The average Bonchev–Trinajstić information content (AvgIpc) is 0.868. The lowest BCUT2D eigenvalue weighted by atomic mass is 10.1. The third kappa shape index (κ3) is 20.3. The Kier molecular flexibility index (Phi) is 28.2. The van der Waals surface area contributed by atoms with Gasteiger partial charge in [-0.25, -0.2) is 29.9 Å². The van der Waals surface area contributed by atoms with Crippen molar-refractivity contribution in [1.82, 2.24) is 45.2 Å². The van der Waals surface area contributed by atoms with Gasteiger partial charge in [0.05, 0.1) is 74.9 Å². The van der Waals surface area contributed by atoms with Crippen LogP contribution in [0, 0.1) is 11.3 Å². The number of anilines is 8. The second-order valence-electron chi connectivity index (χ2n) is 26.0. The van der Waals surface area contributed by atoms with Gasteiger partial charge in [-0.15, -0.1) is 0 Å². The molecule has 0 atom stereocenters. The Morgan fingerprint density at radius 2 is 0.670 bits per heavy atom. The quantitative estimate of drug-likeness (QED) is 0.111. The largest absolute Gasteiger partial charge is 0.381 e. The second-order valence-corrected chi connectivity index (χ2v) is 27.0. The fourth-order valence-electron chi connectivity index (χ4n) is 13.8. The van der Waals surface area contributed by atoms with Gasteiger partial charge in [-0.1, -0.05) is 25.4 Å². The lowest BCUT2D eigenvalue weighted by Crippen LogP contribution is -2.36. The van der Waals surface area contributed by atoms with E-state index in [1.165, 1.54) is 114 Å². The van der Waals surface area contributed by atoms with Gasteiger partial charge in [-0.05, 0) is 193 Å². The summed E-state index contributed by atoms with van der Waals surface area (Å²) in [5, 5.41) is 17.5. The monoisotopic (exact) mass is 1420 g/mol. The van der Waals surface area contributed by atoms with Crippen molar-refractivity contribution in [1.29, 1.82) is 5.26 Å². The predicted molar refractivity (Wildman–Crippen MR) is 406 cm³/mol. The van der Waals surface area contributed by atoms with Crippen LogP contribution in [-0.2, 0) is 23.7 Å². The number of nitrogens with two attached hydrogens (primary N) is 1. The molecular weight excluding hydrogens is 1330 g/mol. The number of halogens is 3. The summed E-state index contributed by atoms with van der Waals surface area (Å²) >= 11 is 18.1. The summed E-state index contributed by atoms with van der Waals surface area (Å²) < 4.78 is 26.6. The zero-order valence-electron chi connectivity index (χ0n) is 57.1. The van der Waals surface area contributed by atoms with E-state index in [-0.39, 0.29) is 18.5 Å². The molecule has 26 heteroatoms. The van der Waals surface area contributed by atoms with Crippen molar-refractivity contribution >= 4 is 125 Å². The average molecular weight is 1430 g/mol.